The van der Waals surface area contributed by atoms with Crippen LogP contribution in [0.4, 0.5) is 5.69 Å². The van der Waals surface area contributed by atoms with Crippen LogP contribution in [-0.4, -0.2) is 9.91 Å². The van der Waals surface area contributed by atoms with Crippen LogP contribution < -0.4 is 4.87 Å². The zero-order chi connectivity index (χ0) is 12.4. The van der Waals surface area contributed by atoms with Crippen molar-refractivity contribution in [2.24, 2.45) is 0 Å². The molecule has 0 aliphatic carbocycles. The summed E-state index contributed by atoms with van der Waals surface area (Å²) in [5.41, 5.74) is 0.886. The van der Waals surface area contributed by atoms with Crippen LogP contribution in [-0.2, 0) is 0 Å². The zero-order valence-electron chi connectivity index (χ0n) is 8.80. The molecule has 0 radical (unpaired) electrons. The van der Waals surface area contributed by atoms with Gasteiger partial charge in [-0.2, -0.15) is 0 Å². The number of non-ortho nitro benzene ring substituents is 1. The van der Waals surface area contributed by atoms with Gasteiger partial charge in [0.05, 0.1) is 9.13 Å². The topological polar surface area (TPSA) is 76.0 Å². The Kier molecular flexibility index (Phi) is 3.30. The van der Waals surface area contributed by atoms with Gasteiger partial charge in [-0.1, -0.05) is 23.1 Å². The van der Waals surface area contributed by atoms with Gasteiger partial charge >= 0.3 is 4.87 Å². The largest absolute Gasteiger partial charge is 0.316 e. The summed E-state index contributed by atoms with van der Waals surface area (Å²) in [6.45, 7) is 1.83. The first-order valence-electron chi connectivity index (χ1n) is 4.68. The maximum Gasteiger partial charge on any atom is 0.305 e. The van der Waals surface area contributed by atoms with E-state index in [0.717, 1.165) is 26.1 Å². The number of aryl methyl sites for hydroxylation is 1. The van der Waals surface area contributed by atoms with E-state index in [2.05, 4.69) is 4.98 Å². The summed E-state index contributed by atoms with van der Waals surface area (Å²) in [6.07, 6.45) is 0. The van der Waals surface area contributed by atoms with Crippen LogP contribution in [0.5, 0.6) is 0 Å². The summed E-state index contributed by atoms with van der Waals surface area (Å²) in [6, 6.07) is 6.25. The Bertz CT molecular complexity index is 601. The van der Waals surface area contributed by atoms with Gasteiger partial charge in [-0.25, -0.2) is 0 Å². The number of aromatic amines is 1. The van der Waals surface area contributed by atoms with Crippen molar-refractivity contribution in [3.8, 4) is 0 Å². The van der Waals surface area contributed by atoms with Crippen LogP contribution in [0.2, 0.25) is 0 Å². The lowest BCUT2D eigenvalue weighted by atomic mass is 10.3. The third-order valence-corrected chi connectivity index (χ3v) is 4.32. The van der Waals surface area contributed by atoms with Crippen molar-refractivity contribution in [1.82, 2.24) is 4.98 Å². The Balaban J connectivity index is 2.22. The van der Waals surface area contributed by atoms with Gasteiger partial charge in [0.1, 0.15) is 0 Å². The third kappa shape index (κ3) is 2.75. The van der Waals surface area contributed by atoms with E-state index >= 15 is 0 Å². The maximum atomic E-state index is 11.1. The highest BCUT2D eigenvalue weighted by atomic mass is 32.2. The van der Waals surface area contributed by atoms with Gasteiger partial charge < -0.3 is 4.98 Å². The molecule has 0 aliphatic rings. The quantitative estimate of drug-likeness (QED) is 0.686. The van der Waals surface area contributed by atoms with Gasteiger partial charge in [-0.3, -0.25) is 14.9 Å². The highest BCUT2D eigenvalue weighted by Gasteiger charge is 2.08. The molecule has 0 atom stereocenters. The molecule has 1 N–H and O–H groups in total. The predicted octanol–water partition coefficient (Wildman–Crippen LogP) is 2.80. The van der Waals surface area contributed by atoms with Gasteiger partial charge in [-0.15, -0.1) is 0 Å². The number of hydrogen-bond acceptors (Lipinski definition) is 5. The van der Waals surface area contributed by atoms with Crippen LogP contribution >= 0.6 is 23.1 Å². The molecule has 2 rings (SSSR count). The monoisotopic (exact) mass is 268 g/mol. The maximum absolute atomic E-state index is 11.1. The van der Waals surface area contributed by atoms with Crippen molar-refractivity contribution >= 4 is 28.8 Å². The second-order valence-corrected chi connectivity index (χ2v) is 5.61. The van der Waals surface area contributed by atoms with E-state index in [1.165, 1.54) is 23.9 Å². The SMILES string of the molecule is Cc1[nH]c(=O)sc1Sc1ccc([N+](=O)[O-])cc1. The summed E-state index contributed by atoms with van der Waals surface area (Å²) < 4.78 is 0.879. The fourth-order valence-electron chi connectivity index (χ4n) is 1.23. The number of thiazole rings is 1. The minimum atomic E-state index is -0.436. The number of benzene rings is 1. The minimum absolute atomic E-state index is 0.0633. The molecule has 0 unspecified atom stereocenters. The number of rotatable bonds is 3. The summed E-state index contributed by atoms with van der Waals surface area (Å²) in [4.78, 5) is 24.6. The molecule has 7 heteroatoms. The second-order valence-electron chi connectivity index (χ2n) is 3.28. The fourth-order valence-corrected chi connectivity index (χ4v) is 3.18. The van der Waals surface area contributed by atoms with Gasteiger partial charge in [-0.05, 0) is 19.1 Å². The van der Waals surface area contributed by atoms with E-state index in [1.807, 2.05) is 6.92 Å². The van der Waals surface area contributed by atoms with E-state index < -0.39 is 4.92 Å². The van der Waals surface area contributed by atoms with Gasteiger partial charge in [0.25, 0.3) is 5.69 Å². The molecule has 0 amide bonds. The number of aromatic nitrogens is 1. The Labute approximate surface area is 105 Å². The molecule has 0 aliphatic heterocycles. The van der Waals surface area contributed by atoms with Gasteiger partial charge in [0.2, 0.25) is 0 Å². The van der Waals surface area contributed by atoms with Crippen molar-refractivity contribution in [3.63, 3.8) is 0 Å². The second kappa shape index (κ2) is 4.72. The van der Waals surface area contributed by atoms with Crippen LogP contribution in [0.3, 0.4) is 0 Å². The van der Waals surface area contributed by atoms with Gasteiger partial charge in [0, 0.05) is 22.7 Å². The molecular weight excluding hydrogens is 260 g/mol. The molecule has 1 heterocycles. The van der Waals surface area contributed by atoms with Gasteiger partial charge in [0.15, 0.2) is 0 Å². The Morgan fingerprint density at radius 2 is 2.00 bits per heavy atom. The number of nitrogens with zero attached hydrogens (tertiary/aromatic N) is 1. The van der Waals surface area contributed by atoms with E-state index in [1.54, 1.807) is 12.1 Å². The third-order valence-electron chi connectivity index (χ3n) is 2.04. The summed E-state index contributed by atoms with van der Waals surface area (Å²) >= 11 is 2.56. The van der Waals surface area contributed by atoms with Crippen LogP contribution in [0.25, 0.3) is 0 Å². The number of nitrogens with one attached hydrogen (secondary N) is 1. The molecule has 1 aromatic heterocycles. The molecule has 0 bridgehead atoms. The molecule has 17 heavy (non-hydrogen) atoms. The highest BCUT2D eigenvalue weighted by molar-refractivity contribution is 8.01. The van der Waals surface area contributed by atoms with Crippen LogP contribution in [0.15, 0.2) is 38.2 Å². The molecule has 88 valence electrons. The number of nitro benzene ring substituents is 1. The molecular formula is C10H8N2O3S2. The standard InChI is InChI=1S/C10H8N2O3S2/c1-6-9(17-10(13)11-6)16-8-4-2-7(3-5-8)12(14)15/h2-5H,1H3,(H,11,13). The van der Waals surface area contributed by atoms with Crippen molar-refractivity contribution in [3.05, 3.63) is 49.7 Å². The Morgan fingerprint density at radius 1 is 1.35 bits per heavy atom. The van der Waals surface area contributed by atoms with E-state index in [-0.39, 0.29) is 10.6 Å². The summed E-state index contributed by atoms with van der Waals surface area (Å²) in [7, 11) is 0. The van der Waals surface area contributed by atoms with Crippen LogP contribution in [0.1, 0.15) is 5.69 Å². The van der Waals surface area contributed by atoms with E-state index in [0.29, 0.717) is 0 Å². The smallest absolute Gasteiger partial charge is 0.305 e. The average Bonchev–Trinajstić information content (AvgIpc) is 2.58. The van der Waals surface area contributed by atoms with E-state index in [4.69, 9.17) is 0 Å². The Morgan fingerprint density at radius 3 is 2.47 bits per heavy atom. The number of H-pyrrole nitrogens is 1. The number of nitro groups is 1. The van der Waals surface area contributed by atoms with E-state index in [9.17, 15) is 14.9 Å². The zero-order valence-corrected chi connectivity index (χ0v) is 10.4. The lowest BCUT2D eigenvalue weighted by molar-refractivity contribution is -0.384. The lowest BCUT2D eigenvalue weighted by Gasteiger charge is -1.98. The molecule has 0 fully saturated rings. The summed E-state index contributed by atoms with van der Waals surface area (Å²) in [5, 5.41) is 10.5. The first-order chi connectivity index (χ1) is 8.06. The molecule has 2 aromatic rings. The first-order valence-corrected chi connectivity index (χ1v) is 6.31. The molecule has 0 spiro atoms. The highest BCUT2D eigenvalue weighted by Crippen LogP contribution is 2.32. The molecule has 5 nitrogen and oxygen atoms in total. The average molecular weight is 268 g/mol. The van der Waals surface area contributed by atoms with Crippen molar-refractivity contribution in [1.29, 1.82) is 0 Å². The van der Waals surface area contributed by atoms with Crippen molar-refractivity contribution in [2.45, 2.75) is 16.0 Å². The normalized spacial score (nSPS) is 10.4. The van der Waals surface area contributed by atoms with Crippen molar-refractivity contribution < 1.29 is 4.92 Å². The Hall–Kier alpha value is -1.60. The minimum Gasteiger partial charge on any atom is -0.316 e. The molecule has 0 saturated carbocycles. The predicted molar refractivity (Wildman–Crippen MR) is 66.9 cm³/mol. The van der Waals surface area contributed by atoms with Crippen LogP contribution in [0, 0.1) is 17.0 Å². The lowest BCUT2D eigenvalue weighted by Crippen LogP contribution is -1.90. The molecule has 0 saturated heterocycles. The first kappa shape index (κ1) is 11.9. The summed E-state index contributed by atoms with van der Waals surface area (Å²) in [5.74, 6) is 0. The number of hydrogen-bond donors (Lipinski definition) is 1. The fraction of sp³-hybridized carbons (Fsp3) is 0.100. The molecule has 1 aromatic carbocycles. The van der Waals surface area contributed by atoms with Crippen molar-refractivity contribution in [2.75, 3.05) is 0 Å².